The predicted octanol–water partition coefficient (Wildman–Crippen LogP) is 1.39. The van der Waals surface area contributed by atoms with E-state index >= 15 is 0 Å². The molecule has 0 unspecified atom stereocenters. The van der Waals surface area contributed by atoms with Crippen LogP contribution in [0.3, 0.4) is 0 Å². The van der Waals surface area contributed by atoms with Crippen molar-refractivity contribution < 1.29 is 14.3 Å². The molecule has 0 saturated carbocycles. The third-order valence-corrected chi connectivity index (χ3v) is 3.35. The highest BCUT2D eigenvalue weighted by Crippen LogP contribution is 2.20. The van der Waals surface area contributed by atoms with Gasteiger partial charge in [0.05, 0.1) is 26.8 Å². The molecule has 2 N–H and O–H groups in total. The molecular weight excluding hydrogens is 435 g/mol. The third-order valence-electron chi connectivity index (χ3n) is 3.35. The van der Waals surface area contributed by atoms with Crippen LogP contribution in [0.2, 0.25) is 0 Å². The lowest BCUT2D eigenvalue weighted by atomic mass is 10.1. The Balaban J connectivity index is 0.00000576. The highest BCUT2D eigenvalue weighted by molar-refractivity contribution is 14.0. The molecule has 0 fully saturated rings. The molecule has 1 aromatic carbocycles. The minimum atomic E-state index is -0.0239. The highest BCUT2D eigenvalue weighted by Gasteiger charge is 2.07. The van der Waals surface area contributed by atoms with E-state index in [1.54, 1.807) is 28.3 Å². The molecule has 0 aromatic heterocycles. The molecule has 0 atom stereocenters. The fraction of sp³-hybridized carbons (Fsp3) is 0.529. The van der Waals surface area contributed by atoms with E-state index < -0.39 is 0 Å². The second-order valence-corrected chi connectivity index (χ2v) is 5.54. The zero-order chi connectivity index (χ0) is 17.9. The lowest BCUT2D eigenvalue weighted by Crippen LogP contribution is -2.43. The van der Waals surface area contributed by atoms with Crippen LogP contribution in [0.15, 0.2) is 23.2 Å². The molecule has 25 heavy (non-hydrogen) atoms. The first-order valence-electron chi connectivity index (χ1n) is 7.82. The summed E-state index contributed by atoms with van der Waals surface area (Å²) in [6, 6.07) is 6.00. The van der Waals surface area contributed by atoms with Gasteiger partial charge in [0, 0.05) is 33.3 Å². The van der Waals surface area contributed by atoms with Crippen molar-refractivity contribution in [2.24, 2.45) is 4.99 Å². The number of benzene rings is 1. The largest absolute Gasteiger partial charge is 0.496 e. The van der Waals surface area contributed by atoms with Gasteiger partial charge in [-0.3, -0.25) is 4.79 Å². The van der Waals surface area contributed by atoms with Crippen LogP contribution in [0.1, 0.15) is 11.1 Å². The Morgan fingerprint density at radius 2 is 1.96 bits per heavy atom. The highest BCUT2D eigenvalue weighted by atomic mass is 127. The number of carbonyl (C=O) groups excluding carboxylic acids is 1. The van der Waals surface area contributed by atoms with Crippen molar-refractivity contribution in [1.29, 1.82) is 0 Å². The normalized spacial score (nSPS) is 10.7. The molecule has 142 valence electrons. The number of guanidine groups is 1. The number of nitrogens with zero attached hydrogens (tertiary/aromatic N) is 2. The van der Waals surface area contributed by atoms with Crippen molar-refractivity contribution in [3.05, 3.63) is 29.3 Å². The van der Waals surface area contributed by atoms with Crippen molar-refractivity contribution in [3.8, 4) is 5.75 Å². The zero-order valence-electron chi connectivity index (χ0n) is 15.6. The Kier molecular flexibility index (Phi) is 12.0. The van der Waals surface area contributed by atoms with Crippen molar-refractivity contribution in [2.45, 2.75) is 13.5 Å². The smallest absolute Gasteiger partial charge is 0.241 e. The van der Waals surface area contributed by atoms with Crippen molar-refractivity contribution in [2.75, 3.05) is 48.0 Å². The monoisotopic (exact) mass is 464 g/mol. The molecule has 8 heteroatoms. The number of methoxy groups -OCH3 is 2. The Morgan fingerprint density at radius 1 is 1.24 bits per heavy atom. The van der Waals surface area contributed by atoms with E-state index in [0.29, 0.717) is 25.7 Å². The summed E-state index contributed by atoms with van der Waals surface area (Å²) in [5.41, 5.74) is 2.11. The third kappa shape index (κ3) is 8.92. The molecule has 0 aliphatic rings. The molecule has 7 nitrogen and oxygen atoms in total. The van der Waals surface area contributed by atoms with Crippen LogP contribution in [0.4, 0.5) is 0 Å². The van der Waals surface area contributed by atoms with Crippen LogP contribution >= 0.6 is 24.0 Å². The zero-order valence-corrected chi connectivity index (χ0v) is 17.9. The van der Waals surface area contributed by atoms with Gasteiger partial charge in [-0.15, -0.1) is 24.0 Å². The standard InChI is InChI=1S/C17H28N4O3.HI/c1-13-6-7-14(15(10-13)24-5)11-19-17(18-8-9-23-4)20-12-16(22)21(2)3;/h6-7,10H,8-9,11-12H2,1-5H3,(H2,18,19,20);1H. The molecule has 1 rings (SSSR count). The molecular formula is C17H29IN4O3. The van der Waals surface area contributed by atoms with Gasteiger partial charge in [-0.2, -0.15) is 0 Å². The van der Waals surface area contributed by atoms with E-state index in [2.05, 4.69) is 15.6 Å². The topological polar surface area (TPSA) is 75.2 Å². The summed E-state index contributed by atoms with van der Waals surface area (Å²) in [6.45, 7) is 3.79. The average molecular weight is 464 g/mol. The summed E-state index contributed by atoms with van der Waals surface area (Å²) in [6.07, 6.45) is 0. The molecule has 0 heterocycles. The summed E-state index contributed by atoms with van der Waals surface area (Å²) in [7, 11) is 6.72. The number of likely N-dealkylation sites (N-methyl/N-ethyl adjacent to an activating group) is 1. The van der Waals surface area contributed by atoms with Crippen molar-refractivity contribution in [3.63, 3.8) is 0 Å². The van der Waals surface area contributed by atoms with Gasteiger partial charge < -0.3 is 25.0 Å². The van der Waals surface area contributed by atoms with Crippen LogP contribution in [-0.2, 0) is 16.1 Å². The van der Waals surface area contributed by atoms with Gasteiger partial charge in [0.2, 0.25) is 5.91 Å². The molecule has 0 radical (unpaired) electrons. The molecule has 1 amide bonds. The van der Waals surface area contributed by atoms with Gasteiger partial charge in [0.1, 0.15) is 5.75 Å². The van der Waals surface area contributed by atoms with Gasteiger partial charge in [0.25, 0.3) is 0 Å². The van der Waals surface area contributed by atoms with E-state index in [0.717, 1.165) is 16.9 Å². The average Bonchev–Trinajstić information content (AvgIpc) is 2.57. The van der Waals surface area contributed by atoms with Gasteiger partial charge in [-0.25, -0.2) is 4.99 Å². The van der Waals surface area contributed by atoms with Gasteiger partial charge in [0.15, 0.2) is 5.96 Å². The first-order chi connectivity index (χ1) is 11.5. The minimum Gasteiger partial charge on any atom is -0.496 e. The van der Waals surface area contributed by atoms with E-state index in [9.17, 15) is 4.79 Å². The summed E-state index contributed by atoms with van der Waals surface area (Å²) >= 11 is 0. The summed E-state index contributed by atoms with van der Waals surface area (Å²) < 4.78 is 10.4. The molecule has 0 spiro atoms. The first-order valence-corrected chi connectivity index (χ1v) is 7.82. The Morgan fingerprint density at radius 3 is 2.56 bits per heavy atom. The molecule has 0 aliphatic heterocycles. The van der Waals surface area contributed by atoms with E-state index in [4.69, 9.17) is 9.47 Å². The Labute approximate surface area is 167 Å². The maximum Gasteiger partial charge on any atom is 0.241 e. The van der Waals surface area contributed by atoms with Crippen LogP contribution in [0.5, 0.6) is 5.75 Å². The summed E-state index contributed by atoms with van der Waals surface area (Å²) in [5.74, 6) is 1.34. The first kappa shape index (κ1) is 23.4. The van der Waals surface area contributed by atoms with Crippen molar-refractivity contribution in [1.82, 2.24) is 15.5 Å². The number of aryl methyl sites for hydroxylation is 1. The number of hydrogen-bond acceptors (Lipinski definition) is 4. The summed E-state index contributed by atoms with van der Waals surface area (Å²) in [4.78, 5) is 17.8. The number of ether oxygens (including phenoxy) is 2. The Bertz CT molecular complexity index is 565. The number of amides is 1. The van der Waals surface area contributed by atoms with E-state index in [1.807, 2.05) is 25.1 Å². The van der Waals surface area contributed by atoms with Gasteiger partial charge >= 0.3 is 0 Å². The SMILES string of the molecule is COCCNC(=NCc1ccc(C)cc1OC)NCC(=O)N(C)C.I. The molecule has 0 saturated heterocycles. The van der Waals surface area contributed by atoms with Crippen LogP contribution in [-0.4, -0.2) is 64.8 Å². The van der Waals surface area contributed by atoms with E-state index in [1.165, 1.54) is 4.90 Å². The van der Waals surface area contributed by atoms with Crippen LogP contribution < -0.4 is 15.4 Å². The fourth-order valence-electron chi connectivity index (χ4n) is 1.91. The molecule has 0 aliphatic carbocycles. The Hall–Kier alpha value is -1.55. The number of rotatable bonds is 8. The number of hydrogen-bond donors (Lipinski definition) is 2. The van der Waals surface area contributed by atoms with Crippen LogP contribution in [0.25, 0.3) is 0 Å². The van der Waals surface area contributed by atoms with Gasteiger partial charge in [-0.1, -0.05) is 12.1 Å². The second kappa shape index (κ2) is 12.8. The lowest BCUT2D eigenvalue weighted by Gasteiger charge is -2.15. The second-order valence-electron chi connectivity index (χ2n) is 5.54. The fourth-order valence-corrected chi connectivity index (χ4v) is 1.91. The number of aliphatic imine (C=N–C) groups is 1. The predicted molar refractivity (Wildman–Crippen MR) is 111 cm³/mol. The van der Waals surface area contributed by atoms with Gasteiger partial charge in [-0.05, 0) is 18.6 Å². The van der Waals surface area contributed by atoms with Crippen LogP contribution in [0, 0.1) is 6.92 Å². The quantitative estimate of drug-likeness (QED) is 0.263. The molecule has 0 bridgehead atoms. The lowest BCUT2D eigenvalue weighted by molar-refractivity contribution is -0.127. The minimum absolute atomic E-state index is 0. The number of halogens is 1. The van der Waals surface area contributed by atoms with Crippen molar-refractivity contribution >= 4 is 35.8 Å². The van der Waals surface area contributed by atoms with E-state index in [-0.39, 0.29) is 36.4 Å². The number of carbonyl (C=O) groups is 1. The summed E-state index contributed by atoms with van der Waals surface area (Å²) in [5, 5.41) is 6.17. The number of nitrogens with one attached hydrogen (secondary N) is 2. The maximum absolute atomic E-state index is 11.7. The maximum atomic E-state index is 11.7. The molecule has 1 aromatic rings.